The van der Waals surface area contributed by atoms with Crippen molar-refractivity contribution in [2.75, 3.05) is 5.32 Å². The van der Waals surface area contributed by atoms with Crippen LogP contribution in [0.1, 0.15) is 32.1 Å². The van der Waals surface area contributed by atoms with Gasteiger partial charge in [0.1, 0.15) is 5.52 Å². The summed E-state index contributed by atoms with van der Waals surface area (Å²) in [4.78, 5) is 4.63. The number of rotatable bonds is 3. The third-order valence-electron chi connectivity index (χ3n) is 4.42. The van der Waals surface area contributed by atoms with Crippen LogP contribution in [0.2, 0.25) is 0 Å². The number of anilines is 1. The molecule has 0 radical (unpaired) electrons. The molecule has 4 rings (SSSR count). The van der Waals surface area contributed by atoms with E-state index < -0.39 is 0 Å². The molecule has 0 amide bonds. The molecule has 0 spiro atoms. The first-order chi connectivity index (χ1) is 10.9. The normalized spacial score (nSPS) is 16.0. The predicted molar refractivity (Wildman–Crippen MR) is 89.9 cm³/mol. The van der Waals surface area contributed by atoms with Crippen LogP contribution in [0, 0.1) is 0 Å². The number of oxazole rings is 1. The van der Waals surface area contributed by atoms with Gasteiger partial charge in [0.15, 0.2) is 5.58 Å². The Hall–Kier alpha value is -2.29. The van der Waals surface area contributed by atoms with E-state index in [0.29, 0.717) is 11.9 Å². The zero-order chi connectivity index (χ0) is 14.8. The Kier molecular flexibility index (Phi) is 3.55. The van der Waals surface area contributed by atoms with E-state index in [9.17, 15) is 0 Å². The van der Waals surface area contributed by atoms with Gasteiger partial charge in [-0.2, -0.15) is 0 Å². The zero-order valence-corrected chi connectivity index (χ0v) is 12.6. The van der Waals surface area contributed by atoms with Crippen molar-refractivity contribution < 1.29 is 4.42 Å². The number of hydrogen-bond donors (Lipinski definition) is 1. The van der Waals surface area contributed by atoms with Crippen molar-refractivity contribution in [2.24, 2.45) is 0 Å². The smallest absolute Gasteiger partial charge is 0.229 e. The summed E-state index contributed by atoms with van der Waals surface area (Å²) in [5, 5.41) is 3.69. The minimum atomic E-state index is 0.569. The molecule has 3 heteroatoms. The van der Waals surface area contributed by atoms with Crippen molar-refractivity contribution in [1.29, 1.82) is 0 Å². The lowest BCUT2D eigenvalue weighted by molar-refractivity contribution is 0.462. The van der Waals surface area contributed by atoms with Crippen LogP contribution in [0.4, 0.5) is 5.69 Å². The Labute approximate surface area is 130 Å². The topological polar surface area (TPSA) is 38.1 Å². The molecule has 1 aliphatic rings. The third-order valence-corrected chi connectivity index (χ3v) is 4.42. The van der Waals surface area contributed by atoms with Gasteiger partial charge in [0.2, 0.25) is 5.89 Å². The van der Waals surface area contributed by atoms with Crippen LogP contribution in [0.15, 0.2) is 52.9 Å². The van der Waals surface area contributed by atoms with Crippen molar-refractivity contribution in [1.82, 2.24) is 4.98 Å². The quantitative estimate of drug-likeness (QED) is 0.717. The molecule has 22 heavy (non-hydrogen) atoms. The molecule has 1 aliphatic carbocycles. The van der Waals surface area contributed by atoms with Crippen molar-refractivity contribution in [3.63, 3.8) is 0 Å². The largest absolute Gasteiger partial charge is 0.436 e. The molecule has 0 aliphatic heterocycles. The summed E-state index contributed by atoms with van der Waals surface area (Å²) in [6.45, 7) is 0. The van der Waals surface area contributed by atoms with Gasteiger partial charge in [-0.3, -0.25) is 0 Å². The van der Waals surface area contributed by atoms with Gasteiger partial charge in [0.25, 0.3) is 0 Å². The van der Waals surface area contributed by atoms with Crippen LogP contribution in [0.25, 0.3) is 22.6 Å². The predicted octanol–water partition coefficient (Wildman–Crippen LogP) is 5.24. The Morgan fingerprint density at radius 2 is 1.68 bits per heavy atom. The fourth-order valence-corrected chi connectivity index (χ4v) is 3.25. The Bertz CT molecular complexity index is 739. The van der Waals surface area contributed by atoms with Crippen molar-refractivity contribution in [3.8, 4) is 11.5 Å². The highest BCUT2D eigenvalue weighted by atomic mass is 16.3. The van der Waals surface area contributed by atoms with E-state index in [-0.39, 0.29) is 0 Å². The minimum Gasteiger partial charge on any atom is -0.436 e. The van der Waals surface area contributed by atoms with Gasteiger partial charge < -0.3 is 9.73 Å². The van der Waals surface area contributed by atoms with E-state index >= 15 is 0 Å². The molecule has 3 aromatic rings. The second kappa shape index (κ2) is 5.84. The van der Waals surface area contributed by atoms with Crippen LogP contribution in [-0.2, 0) is 0 Å². The van der Waals surface area contributed by atoms with Crippen LogP contribution >= 0.6 is 0 Å². The fourth-order valence-electron chi connectivity index (χ4n) is 3.25. The summed E-state index contributed by atoms with van der Waals surface area (Å²) in [6, 6.07) is 16.8. The van der Waals surface area contributed by atoms with Gasteiger partial charge >= 0.3 is 0 Å². The maximum Gasteiger partial charge on any atom is 0.229 e. The van der Waals surface area contributed by atoms with Gasteiger partial charge in [-0.05, 0) is 37.1 Å². The van der Waals surface area contributed by atoms with Crippen LogP contribution in [0.3, 0.4) is 0 Å². The van der Waals surface area contributed by atoms with Crippen molar-refractivity contribution >= 4 is 16.8 Å². The number of aromatic nitrogens is 1. The number of benzene rings is 2. The summed E-state index contributed by atoms with van der Waals surface area (Å²) in [7, 11) is 0. The van der Waals surface area contributed by atoms with Crippen molar-refractivity contribution in [2.45, 2.75) is 38.1 Å². The number of fused-ring (bicyclic) bond motifs is 1. The lowest BCUT2D eigenvalue weighted by Crippen LogP contribution is -2.22. The van der Waals surface area contributed by atoms with Crippen LogP contribution in [-0.4, -0.2) is 11.0 Å². The molecule has 1 N–H and O–H groups in total. The molecule has 3 nitrogen and oxygen atoms in total. The first-order valence-corrected chi connectivity index (χ1v) is 8.12. The molecule has 112 valence electrons. The highest BCUT2D eigenvalue weighted by molar-refractivity contribution is 5.80. The molecule has 1 saturated carbocycles. The highest BCUT2D eigenvalue weighted by Crippen LogP contribution is 2.32. The maximum absolute atomic E-state index is 5.93. The maximum atomic E-state index is 5.93. The Morgan fingerprint density at radius 1 is 0.909 bits per heavy atom. The molecule has 0 saturated heterocycles. The van der Waals surface area contributed by atoms with E-state index in [1.807, 2.05) is 30.3 Å². The van der Waals surface area contributed by atoms with E-state index in [2.05, 4.69) is 28.5 Å². The Balaban J connectivity index is 1.68. The second-order valence-corrected chi connectivity index (χ2v) is 6.01. The molecular formula is C19H20N2O. The molecule has 1 heterocycles. The molecule has 0 unspecified atom stereocenters. The van der Waals surface area contributed by atoms with Crippen molar-refractivity contribution in [3.05, 3.63) is 48.5 Å². The standard InChI is InChI=1S/C19H20N2O/c1-2-8-14(9-3-1)20-16-11-5-4-10-15(16)19-21-17-12-6-7-13-18(17)22-19/h4-7,10-14,20H,1-3,8-9H2. The number of para-hydroxylation sites is 3. The van der Waals surface area contributed by atoms with Gasteiger partial charge in [-0.25, -0.2) is 4.98 Å². The zero-order valence-electron chi connectivity index (χ0n) is 12.6. The van der Waals surface area contributed by atoms with E-state index in [1.54, 1.807) is 0 Å². The molecule has 1 aromatic heterocycles. The molecular weight excluding hydrogens is 272 g/mol. The first kappa shape index (κ1) is 13.4. The summed E-state index contributed by atoms with van der Waals surface area (Å²) in [6.07, 6.45) is 6.51. The second-order valence-electron chi connectivity index (χ2n) is 6.01. The molecule has 2 aromatic carbocycles. The summed E-state index contributed by atoms with van der Waals surface area (Å²) >= 11 is 0. The monoisotopic (exact) mass is 292 g/mol. The number of nitrogens with zero attached hydrogens (tertiary/aromatic N) is 1. The average molecular weight is 292 g/mol. The molecule has 0 atom stereocenters. The summed E-state index contributed by atoms with van der Waals surface area (Å²) in [5.74, 6) is 0.695. The van der Waals surface area contributed by atoms with E-state index in [1.165, 1.54) is 32.1 Å². The third kappa shape index (κ3) is 2.59. The van der Waals surface area contributed by atoms with Gasteiger partial charge in [-0.1, -0.05) is 43.5 Å². The number of nitrogens with one attached hydrogen (secondary N) is 1. The first-order valence-electron chi connectivity index (χ1n) is 8.12. The van der Waals surface area contributed by atoms with E-state index in [4.69, 9.17) is 4.42 Å². The average Bonchev–Trinajstić information content (AvgIpc) is 3.00. The lowest BCUT2D eigenvalue weighted by Gasteiger charge is -2.24. The van der Waals surface area contributed by atoms with Gasteiger partial charge in [0, 0.05) is 11.7 Å². The van der Waals surface area contributed by atoms with Gasteiger partial charge in [0.05, 0.1) is 5.56 Å². The van der Waals surface area contributed by atoms with Crippen LogP contribution < -0.4 is 5.32 Å². The number of hydrogen-bond acceptors (Lipinski definition) is 3. The minimum absolute atomic E-state index is 0.569. The van der Waals surface area contributed by atoms with Crippen LogP contribution in [0.5, 0.6) is 0 Å². The summed E-state index contributed by atoms with van der Waals surface area (Å²) in [5.41, 5.74) is 3.92. The molecule has 1 fully saturated rings. The van der Waals surface area contributed by atoms with Gasteiger partial charge in [-0.15, -0.1) is 0 Å². The Morgan fingerprint density at radius 3 is 2.55 bits per heavy atom. The summed E-state index contributed by atoms with van der Waals surface area (Å²) < 4.78 is 5.93. The lowest BCUT2D eigenvalue weighted by atomic mass is 9.95. The fraction of sp³-hybridized carbons (Fsp3) is 0.316. The molecule has 0 bridgehead atoms. The van der Waals surface area contributed by atoms with E-state index in [0.717, 1.165) is 22.4 Å². The SMILES string of the molecule is c1ccc(-c2nc3ccccc3o2)c(NC2CCCCC2)c1. The highest BCUT2D eigenvalue weighted by Gasteiger charge is 2.17.